The number of esters is 1. The third kappa shape index (κ3) is 4.65. The molecule has 3 heteroatoms. The first-order valence-corrected chi connectivity index (χ1v) is 8.20. The van der Waals surface area contributed by atoms with Gasteiger partial charge in [-0.15, -0.1) is 0 Å². The van der Waals surface area contributed by atoms with Gasteiger partial charge < -0.3 is 4.74 Å². The van der Waals surface area contributed by atoms with E-state index >= 15 is 0 Å². The molecule has 0 fully saturated rings. The van der Waals surface area contributed by atoms with Gasteiger partial charge in [-0.2, -0.15) is 0 Å². The van der Waals surface area contributed by atoms with Crippen LogP contribution in [0.3, 0.4) is 0 Å². The highest BCUT2D eigenvalue weighted by atomic mass is 19.1. The standard InChI is InChI=1S/C20H23FO2/c1-3-5-9-15-12-13-17(18(21)14-15)20(22)23-19(4-2)16-10-7-6-8-11-16/h6-8,10-14,19H,3-5,9H2,1-2H3. The van der Waals surface area contributed by atoms with Crippen molar-refractivity contribution in [3.63, 3.8) is 0 Å². The molecule has 0 spiro atoms. The maximum absolute atomic E-state index is 14.2. The van der Waals surface area contributed by atoms with Crippen LogP contribution in [0.5, 0.6) is 0 Å². The number of benzene rings is 2. The van der Waals surface area contributed by atoms with Gasteiger partial charge in [0.05, 0.1) is 5.56 Å². The van der Waals surface area contributed by atoms with Gasteiger partial charge in [-0.1, -0.05) is 56.7 Å². The van der Waals surface area contributed by atoms with Gasteiger partial charge in [0.1, 0.15) is 11.9 Å². The summed E-state index contributed by atoms with van der Waals surface area (Å²) in [7, 11) is 0. The summed E-state index contributed by atoms with van der Waals surface area (Å²) in [4.78, 5) is 12.3. The molecular weight excluding hydrogens is 291 g/mol. The zero-order chi connectivity index (χ0) is 16.7. The summed E-state index contributed by atoms with van der Waals surface area (Å²) in [5.41, 5.74) is 1.83. The zero-order valence-electron chi connectivity index (χ0n) is 13.7. The number of carbonyl (C=O) groups is 1. The third-order valence-electron chi connectivity index (χ3n) is 3.86. The lowest BCUT2D eigenvalue weighted by Gasteiger charge is -2.17. The van der Waals surface area contributed by atoms with Gasteiger partial charge in [0.25, 0.3) is 0 Å². The highest BCUT2D eigenvalue weighted by Crippen LogP contribution is 2.23. The van der Waals surface area contributed by atoms with Crippen LogP contribution in [0.1, 0.15) is 60.7 Å². The molecular formula is C20H23FO2. The molecule has 0 heterocycles. The van der Waals surface area contributed by atoms with Gasteiger partial charge >= 0.3 is 5.97 Å². The fraction of sp³-hybridized carbons (Fsp3) is 0.350. The molecule has 0 saturated heterocycles. The summed E-state index contributed by atoms with van der Waals surface area (Å²) < 4.78 is 19.7. The van der Waals surface area contributed by atoms with E-state index in [9.17, 15) is 9.18 Å². The minimum atomic E-state index is -0.611. The molecule has 0 bridgehead atoms. The average Bonchev–Trinajstić information content (AvgIpc) is 2.58. The first-order chi connectivity index (χ1) is 11.2. The Kier molecular flexibility index (Phi) is 6.33. The molecule has 0 saturated carbocycles. The van der Waals surface area contributed by atoms with Crippen LogP contribution in [0.2, 0.25) is 0 Å². The molecule has 23 heavy (non-hydrogen) atoms. The normalized spacial score (nSPS) is 12.0. The number of halogens is 1. The van der Waals surface area contributed by atoms with E-state index in [1.54, 1.807) is 6.07 Å². The number of hydrogen-bond donors (Lipinski definition) is 0. The van der Waals surface area contributed by atoms with Crippen LogP contribution in [0.4, 0.5) is 4.39 Å². The monoisotopic (exact) mass is 314 g/mol. The summed E-state index contributed by atoms with van der Waals surface area (Å²) in [6.07, 6.45) is 3.18. The molecule has 0 N–H and O–H groups in total. The molecule has 2 rings (SSSR count). The molecule has 0 aliphatic carbocycles. The topological polar surface area (TPSA) is 26.3 Å². The Morgan fingerprint density at radius 1 is 1.13 bits per heavy atom. The van der Waals surface area contributed by atoms with Crippen molar-refractivity contribution in [2.45, 2.75) is 45.6 Å². The predicted molar refractivity (Wildman–Crippen MR) is 89.9 cm³/mol. The van der Waals surface area contributed by atoms with Crippen LogP contribution >= 0.6 is 0 Å². The molecule has 0 aliphatic rings. The van der Waals surface area contributed by atoms with Gasteiger partial charge in [0.2, 0.25) is 0 Å². The molecule has 0 aromatic heterocycles. The van der Waals surface area contributed by atoms with Crippen molar-refractivity contribution < 1.29 is 13.9 Å². The third-order valence-corrected chi connectivity index (χ3v) is 3.86. The van der Waals surface area contributed by atoms with Gasteiger partial charge in [-0.05, 0) is 42.5 Å². The fourth-order valence-electron chi connectivity index (χ4n) is 2.51. The van der Waals surface area contributed by atoms with Crippen LogP contribution in [-0.4, -0.2) is 5.97 Å². The number of unbranched alkanes of at least 4 members (excludes halogenated alkanes) is 1. The molecule has 0 amide bonds. The fourth-order valence-corrected chi connectivity index (χ4v) is 2.51. The van der Waals surface area contributed by atoms with Crippen molar-refractivity contribution in [3.8, 4) is 0 Å². The van der Waals surface area contributed by atoms with Crippen molar-refractivity contribution in [1.29, 1.82) is 0 Å². The molecule has 1 unspecified atom stereocenters. The van der Waals surface area contributed by atoms with Crippen molar-refractivity contribution in [3.05, 3.63) is 71.0 Å². The van der Waals surface area contributed by atoms with Crippen LogP contribution in [0.15, 0.2) is 48.5 Å². The zero-order valence-corrected chi connectivity index (χ0v) is 13.7. The number of hydrogen-bond acceptors (Lipinski definition) is 2. The first kappa shape index (κ1) is 17.2. The van der Waals surface area contributed by atoms with E-state index < -0.39 is 11.8 Å². The van der Waals surface area contributed by atoms with E-state index in [1.165, 1.54) is 12.1 Å². The van der Waals surface area contributed by atoms with E-state index in [2.05, 4.69) is 6.92 Å². The predicted octanol–water partition coefficient (Wildman–Crippen LogP) is 5.48. The van der Waals surface area contributed by atoms with E-state index in [1.807, 2.05) is 37.3 Å². The summed E-state index contributed by atoms with van der Waals surface area (Å²) in [5, 5.41) is 0. The van der Waals surface area contributed by atoms with Gasteiger partial charge in [0.15, 0.2) is 0 Å². The maximum atomic E-state index is 14.2. The second-order valence-corrected chi connectivity index (χ2v) is 5.63. The summed E-state index contributed by atoms with van der Waals surface area (Å²) >= 11 is 0. The van der Waals surface area contributed by atoms with Crippen molar-refractivity contribution >= 4 is 5.97 Å². The number of ether oxygens (including phenoxy) is 1. The Balaban J connectivity index is 2.10. The van der Waals surface area contributed by atoms with Crippen LogP contribution in [-0.2, 0) is 11.2 Å². The average molecular weight is 314 g/mol. The maximum Gasteiger partial charge on any atom is 0.341 e. The second-order valence-electron chi connectivity index (χ2n) is 5.63. The second kappa shape index (κ2) is 8.47. The van der Waals surface area contributed by atoms with Crippen molar-refractivity contribution in [2.24, 2.45) is 0 Å². The molecule has 2 aromatic carbocycles. The molecule has 2 aromatic rings. The number of carbonyl (C=O) groups excluding carboxylic acids is 1. The Morgan fingerprint density at radius 2 is 1.87 bits per heavy atom. The Labute approximate surface area is 137 Å². The molecule has 0 radical (unpaired) electrons. The van der Waals surface area contributed by atoms with Gasteiger partial charge in [-0.25, -0.2) is 9.18 Å². The first-order valence-electron chi connectivity index (χ1n) is 8.20. The van der Waals surface area contributed by atoms with Crippen molar-refractivity contribution in [1.82, 2.24) is 0 Å². The number of rotatable bonds is 7. The highest BCUT2D eigenvalue weighted by molar-refractivity contribution is 5.90. The SMILES string of the molecule is CCCCc1ccc(C(=O)OC(CC)c2ccccc2)c(F)c1. The Hall–Kier alpha value is -2.16. The number of aryl methyl sites for hydroxylation is 1. The van der Waals surface area contributed by atoms with E-state index in [0.717, 1.165) is 30.4 Å². The summed E-state index contributed by atoms with van der Waals surface area (Å²) in [6, 6.07) is 14.3. The van der Waals surface area contributed by atoms with Crippen LogP contribution in [0.25, 0.3) is 0 Å². The minimum Gasteiger partial charge on any atom is -0.454 e. The Morgan fingerprint density at radius 3 is 2.48 bits per heavy atom. The highest BCUT2D eigenvalue weighted by Gasteiger charge is 2.19. The van der Waals surface area contributed by atoms with Gasteiger partial charge in [-0.3, -0.25) is 0 Å². The van der Waals surface area contributed by atoms with Crippen molar-refractivity contribution in [2.75, 3.05) is 0 Å². The molecule has 1 atom stereocenters. The van der Waals surface area contributed by atoms with E-state index in [4.69, 9.17) is 4.74 Å². The van der Waals surface area contributed by atoms with Crippen LogP contribution < -0.4 is 0 Å². The lowest BCUT2D eigenvalue weighted by molar-refractivity contribution is 0.0282. The smallest absolute Gasteiger partial charge is 0.341 e. The molecule has 122 valence electrons. The van der Waals surface area contributed by atoms with E-state index in [-0.39, 0.29) is 11.7 Å². The minimum absolute atomic E-state index is 0.000343. The largest absolute Gasteiger partial charge is 0.454 e. The van der Waals surface area contributed by atoms with Gasteiger partial charge in [0, 0.05) is 0 Å². The van der Waals surface area contributed by atoms with E-state index in [0.29, 0.717) is 6.42 Å². The summed E-state index contributed by atoms with van der Waals surface area (Å²) in [5.74, 6) is -1.12. The molecule has 0 aliphatic heterocycles. The Bertz CT molecular complexity index is 637. The lowest BCUT2D eigenvalue weighted by Crippen LogP contribution is -2.13. The summed E-state index contributed by atoms with van der Waals surface area (Å²) in [6.45, 7) is 4.03. The van der Waals surface area contributed by atoms with Crippen LogP contribution in [0, 0.1) is 5.82 Å². The molecule has 2 nitrogen and oxygen atoms in total. The lowest BCUT2D eigenvalue weighted by atomic mass is 10.1. The quantitative estimate of drug-likeness (QED) is 0.633.